The summed E-state index contributed by atoms with van der Waals surface area (Å²) in [5.41, 5.74) is 11.1. The van der Waals surface area contributed by atoms with Crippen molar-refractivity contribution in [2.75, 3.05) is 14.2 Å². The number of hydrogen-bond acceptors (Lipinski definition) is 8. The van der Waals surface area contributed by atoms with Gasteiger partial charge in [-0.1, -0.05) is 91.5 Å². The number of aliphatic hydroxyl groups excluding tert-OH is 1. The van der Waals surface area contributed by atoms with Crippen LogP contribution < -0.4 is 0 Å². The first kappa shape index (κ1) is 44.6. The molecule has 0 spiro atoms. The van der Waals surface area contributed by atoms with Gasteiger partial charge >= 0.3 is 5.24 Å². The van der Waals surface area contributed by atoms with E-state index in [2.05, 4.69) is 82.8 Å². The molecule has 1 N–H and O–H groups in total. The third kappa shape index (κ3) is 9.91. The number of fused-ring (bicyclic) bond motifs is 2. The number of aryl methyl sites for hydroxylation is 6. The largest absolute Gasteiger partial charge is 0.511 e. The minimum atomic E-state index is 0.0269. The number of Topliss-reactive ketones (excluding diaryl/α,β-unsaturated/α-hetero) is 2. The lowest BCUT2D eigenvalue weighted by Crippen LogP contribution is -2.23. The summed E-state index contributed by atoms with van der Waals surface area (Å²) in [6, 6.07) is 8.96. The number of hydrogen-bond donors (Lipinski definition) is 1. The van der Waals surface area contributed by atoms with Gasteiger partial charge in [0.15, 0.2) is 11.6 Å². The number of thiocarbonyl (C=S) groups is 2. The quantitative estimate of drug-likeness (QED) is 0.198. The van der Waals surface area contributed by atoms with Crippen molar-refractivity contribution >= 4 is 68.5 Å². The first-order chi connectivity index (χ1) is 26.4. The molecule has 0 radical (unpaired) electrons. The lowest BCUT2D eigenvalue weighted by Gasteiger charge is -2.25. The Bertz CT molecular complexity index is 1760. The van der Waals surface area contributed by atoms with Crippen LogP contribution in [0.5, 0.6) is 0 Å². The predicted octanol–water partition coefficient (Wildman–Crippen LogP) is 11.6. The Kier molecular flexibility index (Phi) is 17.0. The van der Waals surface area contributed by atoms with Crippen LogP contribution in [-0.4, -0.2) is 40.6 Å². The van der Waals surface area contributed by atoms with Crippen molar-refractivity contribution in [3.05, 3.63) is 80.3 Å². The standard InChI is InChI=1S/C23H30O3S.C21H28O2.C2H3ClOS/c1-5-14-12-15(6-2)19(16(7-3)13-14)20-21(24)17-10-8-9-11-18(17)22(20)26-23(27)25-4;1-4-13-11-14(5-2)18(15(6-3)12-13)19-20(22)16-9-7-8-10-17(16)21(19)23;1-4-2(3)5/h12-13,17-18H,5-11H2,1-4H3;11-12,16-17,22H,4-10H2,1-3H3;1H3. The molecule has 6 nitrogen and oxygen atoms in total. The van der Waals surface area contributed by atoms with E-state index in [1.807, 2.05) is 0 Å². The minimum absolute atomic E-state index is 0.0269. The Balaban J connectivity index is 0.000000220. The summed E-state index contributed by atoms with van der Waals surface area (Å²) in [4.78, 5) is 26.5. The van der Waals surface area contributed by atoms with Crippen molar-refractivity contribution in [3.8, 4) is 0 Å². The van der Waals surface area contributed by atoms with Crippen LogP contribution in [0.3, 0.4) is 0 Å². The van der Waals surface area contributed by atoms with E-state index in [4.69, 9.17) is 33.3 Å². The zero-order chi connectivity index (χ0) is 40.4. The molecule has 4 unspecified atom stereocenters. The number of aliphatic hydroxyl groups is 1. The van der Waals surface area contributed by atoms with Gasteiger partial charge in [-0.2, -0.15) is 0 Å². The molecule has 2 aromatic rings. The molecule has 4 atom stereocenters. The van der Waals surface area contributed by atoms with Gasteiger partial charge in [0, 0.05) is 35.9 Å². The highest BCUT2D eigenvalue weighted by molar-refractivity contribution is 7.82. The van der Waals surface area contributed by atoms with Crippen molar-refractivity contribution < 1.29 is 28.9 Å². The molecular formula is C46H61ClO6S2. The SMILES string of the molecule is CCc1cc(CC)c(C2=C(O)C3CCCCC3C2=O)c(CC)c1.CCc1cc(CC)c(C2=C(OC(=S)OC)C3CCCCC3C2=O)c(CC)c1.COC(=S)Cl. The molecule has 2 fully saturated rings. The maximum atomic E-state index is 13.5. The molecule has 6 rings (SSSR count). The van der Waals surface area contributed by atoms with Gasteiger partial charge in [0.05, 0.1) is 25.4 Å². The van der Waals surface area contributed by atoms with Gasteiger partial charge in [-0.3, -0.25) is 9.59 Å². The van der Waals surface area contributed by atoms with Crippen molar-refractivity contribution in [2.24, 2.45) is 23.7 Å². The molecule has 4 aliphatic carbocycles. The fourth-order valence-electron chi connectivity index (χ4n) is 9.12. The normalized spacial score (nSPS) is 21.5. The van der Waals surface area contributed by atoms with Crippen LogP contribution in [0.15, 0.2) is 35.8 Å². The molecule has 4 aliphatic rings. The van der Waals surface area contributed by atoms with Crippen LogP contribution in [0.2, 0.25) is 0 Å². The number of ether oxygens (including phenoxy) is 3. The number of allylic oxidation sites excluding steroid dienone is 4. The first-order valence-corrected chi connectivity index (χ1v) is 21.7. The molecule has 2 saturated carbocycles. The summed E-state index contributed by atoms with van der Waals surface area (Å²) in [5, 5.41) is 10.9. The lowest BCUT2D eigenvalue weighted by atomic mass is 9.80. The predicted molar refractivity (Wildman–Crippen MR) is 233 cm³/mol. The van der Waals surface area contributed by atoms with Gasteiger partial charge in [0.2, 0.25) is 0 Å². The molecule has 300 valence electrons. The summed E-state index contributed by atoms with van der Waals surface area (Å²) < 4.78 is 15.4. The average molecular weight is 810 g/mol. The zero-order valence-electron chi connectivity index (χ0n) is 34.2. The number of ketones is 2. The molecule has 0 amide bonds. The van der Waals surface area contributed by atoms with Crippen molar-refractivity contribution in [3.63, 3.8) is 0 Å². The molecule has 0 aromatic heterocycles. The van der Waals surface area contributed by atoms with E-state index in [0.29, 0.717) is 11.3 Å². The summed E-state index contributed by atoms with van der Waals surface area (Å²) >= 11 is 14.4. The maximum absolute atomic E-state index is 13.5. The van der Waals surface area contributed by atoms with Crippen LogP contribution >= 0.6 is 36.0 Å². The monoisotopic (exact) mass is 808 g/mol. The minimum Gasteiger partial charge on any atom is -0.511 e. The van der Waals surface area contributed by atoms with Crippen LogP contribution in [0.4, 0.5) is 0 Å². The molecule has 9 heteroatoms. The summed E-state index contributed by atoms with van der Waals surface area (Å²) in [6.45, 7) is 12.9. The molecule has 0 bridgehead atoms. The highest BCUT2D eigenvalue weighted by Gasteiger charge is 2.47. The van der Waals surface area contributed by atoms with Crippen LogP contribution in [0.1, 0.15) is 137 Å². The number of carbonyl (C=O) groups excluding carboxylic acids is 2. The van der Waals surface area contributed by atoms with E-state index < -0.39 is 0 Å². The molecule has 55 heavy (non-hydrogen) atoms. The Morgan fingerprint density at radius 1 is 0.618 bits per heavy atom. The topological polar surface area (TPSA) is 82.1 Å². The van der Waals surface area contributed by atoms with E-state index in [1.54, 1.807) is 0 Å². The maximum Gasteiger partial charge on any atom is 0.357 e. The third-order valence-electron chi connectivity index (χ3n) is 12.0. The van der Waals surface area contributed by atoms with Gasteiger partial charge in [-0.15, -0.1) is 0 Å². The van der Waals surface area contributed by atoms with Gasteiger partial charge in [0.25, 0.3) is 4.51 Å². The van der Waals surface area contributed by atoms with E-state index in [1.165, 1.54) is 47.6 Å². The molecule has 0 saturated heterocycles. The fraction of sp³-hybridized carbons (Fsp3) is 0.565. The highest BCUT2D eigenvalue weighted by atomic mass is 35.5. The number of benzene rings is 2. The van der Waals surface area contributed by atoms with E-state index in [9.17, 15) is 14.7 Å². The molecule has 2 aromatic carbocycles. The Morgan fingerprint density at radius 2 is 0.982 bits per heavy atom. The van der Waals surface area contributed by atoms with Gasteiger partial charge in [-0.05, 0) is 133 Å². The lowest BCUT2D eigenvalue weighted by molar-refractivity contribution is -0.119. The van der Waals surface area contributed by atoms with E-state index >= 15 is 0 Å². The van der Waals surface area contributed by atoms with Gasteiger partial charge < -0.3 is 19.3 Å². The van der Waals surface area contributed by atoms with Crippen molar-refractivity contribution in [2.45, 2.75) is 131 Å². The van der Waals surface area contributed by atoms with Gasteiger partial charge in [-0.25, -0.2) is 0 Å². The third-order valence-corrected chi connectivity index (χ3v) is 12.5. The summed E-state index contributed by atoms with van der Waals surface area (Å²) in [5.74, 6) is 1.84. The van der Waals surface area contributed by atoms with Crippen molar-refractivity contribution in [1.82, 2.24) is 0 Å². The molecular weight excluding hydrogens is 748 g/mol. The Morgan fingerprint density at radius 3 is 1.35 bits per heavy atom. The number of rotatable bonds is 9. The Labute approximate surface area is 345 Å². The summed E-state index contributed by atoms with van der Waals surface area (Å²) in [7, 11) is 2.94. The molecule has 0 aliphatic heterocycles. The number of halogens is 1. The number of methoxy groups -OCH3 is 2. The van der Waals surface area contributed by atoms with E-state index in [-0.39, 0.29) is 45.0 Å². The first-order valence-electron chi connectivity index (χ1n) is 20.5. The van der Waals surface area contributed by atoms with Crippen molar-refractivity contribution in [1.29, 1.82) is 0 Å². The van der Waals surface area contributed by atoms with Crippen LogP contribution in [0, 0.1) is 23.7 Å². The zero-order valence-corrected chi connectivity index (χ0v) is 36.6. The van der Waals surface area contributed by atoms with Crippen LogP contribution in [0.25, 0.3) is 11.1 Å². The number of carbonyl (C=O) groups is 2. The average Bonchev–Trinajstić information content (AvgIpc) is 3.64. The Hall–Kier alpha value is -3.07. The molecule has 0 heterocycles. The van der Waals surface area contributed by atoms with Crippen LogP contribution in [-0.2, 0) is 62.3 Å². The highest BCUT2D eigenvalue weighted by Crippen LogP contribution is 2.49. The second kappa shape index (κ2) is 20.9. The summed E-state index contributed by atoms with van der Waals surface area (Å²) in [6.07, 6.45) is 13.9. The smallest absolute Gasteiger partial charge is 0.357 e. The second-order valence-corrected chi connectivity index (χ2v) is 16.2. The fourth-order valence-corrected chi connectivity index (χ4v) is 9.21. The second-order valence-electron chi connectivity index (χ2n) is 14.9. The van der Waals surface area contributed by atoms with E-state index in [0.717, 1.165) is 112 Å². The van der Waals surface area contributed by atoms with Gasteiger partial charge in [0.1, 0.15) is 11.5 Å².